The number of rotatable bonds is 6. The van der Waals surface area contributed by atoms with Crippen molar-refractivity contribution in [3.63, 3.8) is 0 Å². The molecule has 150 valence electrons. The van der Waals surface area contributed by atoms with E-state index in [1.807, 2.05) is 37.3 Å². The topological polar surface area (TPSA) is 74.2 Å². The van der Waals surface area contributed by atoms with Crippen LogP contribution in [0.2, 0.25) is 0 Å². The predicted molar refractivity (Wildman–Crippen MR) is 115 cm³/mol. The van der Waals surface area contributed by atoms with E-state index in [4.69, 9.17) is 0 Å². The second kappa shape index (κ2) is 9.11. The smallest absolute Gasteiger partial charge is 0.231 e. The number of aromatic nitrogens is 3. The maximum atomic E-state index is 12.3. The normalized spacial score (nSPS) is 14.7. The van der Waals surface area contributed by atoms with Gasteiger partial charge in [-0.2, -0.15) is 0 Å². The van der Waals surface area contributed by atoms with E-state index >= 15 is 0 Å². The average Bonchev–Trinajstić information content (AvgIpc) is 3.17. The molecule has 1 saturated heterocycles. The lowest BCUT2D eigenvalue weighted by atomic mass is 10.2. The van der Waals surface area contributed by atoms with Crippen LogP contribution in [0.1, 0.15) is 16.3 Å². The number of benzene rings is 1. The van der Waals surface area contributed by atoms with Gasteiger partial charge in [-0.15, -0.1) is 11.3 Å². The highest BCUT2D eigenvalue weighted by Gasteiger charge is 2.19. The van der Waals surface area contributed by atoms with Gasteiger partial charge in [0.25, 0.3) is 0 Å². The number of nitrogens with zero attached hydrogens (tertiary/aromatic N) is 5. The van der Waals surface area contributed by atoms with Crippen LogP contribution >= 0.6 is 11.3 Å². The maximum absolute atomic E-state index is 12.3. The van der Waals surface area contributed by atoms with E-state index in [9.17, 15) is 4.79 Å². The second-order valence-corrected chi connectivity index (χ2v) is 8.08. The second-order valence-electron chi connectivity index (χ2n) is 7.14. The first-order chi connectivity index (χ1) is 14.2. The lowest BCUT2D eigenvalue weighted by Gasteiger charge is -2.34. The summed E-state index contributed by atoms with van der Waals surface area (Å²) < 4.78 is 0. The van der Waals surface area contributed by atoms with Crippen LogP contribution in [-0.4, -0.2) is 51.9 Å². The number of carbonyl (C=O) groups excluding carboxylic acids is 1. The fourth-order valence-electron chi connectivity index (χ4n) is 3.27. The van der Waals surface area contributed by atoms with E-state index < -0.39 is 0 Å². The van der Waals surface area contributed by atoms with Crippen LogP contribution in [0.15, 0.2) is 48.1 Å². The molecular formula is C21H24N6OS. The van der Waals surface area contributed by atoms with E-state index in [-0.39, 0.29) is 5.91 Å². The zero-order valence-corrected chi connectivity index (χ0v) is 17.2. The summed E-state index contributed by atoms with van der Waals surface area (Å²) in [4.78, 5) is 30.2. The summed E-state index contributed by atoms with van der Waals surface area (Å²) in [5.41, 5.74) is 3.01. The Morgan fingerprint density at radius 1 is 1.10 bits per heavy atom. The standard InChI is InChI=1S/C21H24N6OS/c1-16-3-5-17(6-4-16)24-19(28)13-20-25-18(15-29-20)14-26-9-11-27(12-10-26)21-22-7-2-8-23-21/h2-8,15H,9-14H2,1H3,(H,24,28). The van der Waals surface area contributed by atoms with E-state index in [1.54, 1.807) is 23.7 Å². The van der Waals surface area contributed by atoms with Gasteiger partial charge >= 0.3 is 0 Å². The van der Waals surface area contributed by atoms with Crippen molar-refractivity contribution in [3.8, 4) is 0 Å². The Labute approximate surface area is 174 Å². The molecule has 1 aliphatic rings. The summed E-state index contributed by atoms with van der Waals surface area (Å²) >= 11 is 1.55. The monoisotopic (exact) mass is 408 g/mol. The quantitative estimate of drug-likeness (QED) is 0.676. The molecule has 2 aromatic heterocycles. The van der Waals surface area contributed by atoms with Gasteiger partial charge in [0.05, 0.1) is 12.1 Å². The average molecular weight is 409 g/mol. The van der Waals surface area contributed by atoms with Crippen LogP contribution in [-0.2, 0) is 17.8 Å². The molecule has 0 spiro atoms. The van der Waals surface area contributed by atoms with Gasteiger partial charge in [0.15, 0.2) is 0 Å². The van der Waals surface area contributed by atoms with Crippen molar-refractivity contribution < 1.29 is 4.79 Å². The molecule has 3 heterocycles. The molecule has 0 saturated carbocycles. The minimum absolute atomic E-state index is 0.0359. The van der Waals surface area contributed by atoms with Crippen molar-refractivity contribution in [2.24, 2.45) is 0 Å². The number of amides is 1. The van der Waals surface area contributed by atoms with Crippen molar-refractivity contribution in [1.82, 2.24) is 19.9 Å². The number of carbonyl (C=O) groups is 1. The minimum atomic E-state index is -0.0359. The molecular weight excluding hydrogens is 384 g/mol. The van der Waals surface area contributed by atoms with Crippen LogP contribution in [0.5, 0.6) is 0 Å². The van der Waals surface area contributed by atoms with Crippen LogP contribution in [0.4, 0.5) is 11.6 Å². The van der Waals surface area contributed by atoms with Crippen LogP contribution < -0.4 is 10.2 Å². The number of piperazine rings is 1. The molecule has 8 heteroatoms. The van der Waals surface area contributed by atoms with Gasteiger partial charge in [-0.3, -0.25) is 9.69 Å². The Morgan fingerprint density at radius 2 is 1.83 bits per heavy atom. The third-order valence-electron chi connectivity index (χ3n) is 4.84. The van der Waals surface area contributed by atoms with Gasteiger partial charge in [0.2, 0.25) is 11.9 Å². The van der Waals surface area contributed by atoms with Gasteiger partial charge in [-0.05, 0) is 25.1 Å². The SMILES string of the molecule is Cc1ccc(NC(=O)Cc2nc(CN3CCN(c4ncccn4)CC3)cs2)cc1. The summed E-state index contributed by atoms with van der Waals surface area (Å²) in [5, 5.41) is 5.83. The number of aryl methyl sites for hydroxylation is 1. The molecule has 3 aromatic rings. The molecule has 1 N–H and O–H groups in total. The van der Waals surface area contributed by atoms with Gasteiger partial charge in [-0.1, -0.05) is 17.7 Å². The Hall–Kier alpha value is -2.84. The Kier molecular flexibility index (Phi) is 6.12. The van der Waals surface area contributed by atoms with Crippen molar-refractivity contribution in [2.45, 2.75) is 19.9 Å². The fraction of sp³-hybridized carbons (Fsp3) is 0.333. The summed E-state index contributed by atoms with van der Waals surface area (Å²) in [6, 6.07) is 9.64. The Morgan fingerprint density at radius 3 is 2.55 bits per heavy atom. The van der Waals surface area contributed by atoms with Crippen molar-refractivity contribution in [1.29, 1.82) is 0 Å². The number of anilines is 2. The highest BCUT2D eigenvalue weighted by molar-refractivity contribution is 7.09. The van der Waals surface area contributed by atoms with E-state index in [0.29, 0.717) is 6.42 Å². The molecule has 1 amide bonds. The van der Waals surface area contributed by atoms with Gasteiger partial charge in [0.1, 0.15) is 5.01 Å². The lowest BCUT2D eigenvalue weighted by Crippen LogP contribution is -2.46. The van der Waals surface area contributed by atoms with E-state index in [1.165, 1.54) is 5.56 Å². The summed E-state index contributed by atoms with van der Waals surface area (Å²) in [7, 11) is 0. The molecule has 0 atom stereocenters. The summed E-state index contributed by atoms with van der Waals surface area (Å²) in [6.07, 6.45) is 3.86. The molecule has 1 fully saturated rings. The first-order valence-corrected chi connectivity index (χ1v) is 10.6. The molecule has 1 aliphatic heterocycles. The molecule has 7 nitrogen and oxygen atoms in total. The lowest BCUT2D eigenvalue weighted by molar-refractivity contribution is -0.115. The van der Waals surface area contributed by atoms with E-state index in [0.717, 1.165) is 55.1 Å². The van der Waals surface area contributed by atoms with Crippen molar-refractivity contribution in [3.05, 3.63) is 64.4 Å². The molecule has 0 aliphatic carbocycles. The third kappa shape index (κ3) is 5.36. The predicted octanol–water partition coefficient (Wildman–Crippen LogP) is 2.74. The number of hydrogen-bond donors (Lipinski definition) is 1. The highest BCUT2D eigenvalue weighted by Crippen LogP contribution is 2.16. The molecule has 1 aromatic carbocycles. The molecule has 29 heavy (non-hydrogen) atoms. The zero-order valence-electron chi connectivity index (χ0n) is 16.4. The summed E-state index contributed by atoms with van der Waals surface area (Å²) in [6.45, 7) is 6.52. The largest absolute Gasteiger partial charge is 0.338 e. The highest BCUT2D eigenvalue weighted by atomic mass is 32.1. The van der Waals surface area contributed by atoms with Gasteiger partial charge < -0.3 is 10.2 Å². The maximum Gasteiger partial charge on any atom is 0.231 e. The van der Waals surface area contributed by atoms with E-state index in [2.05, 4.69) is 35.4 Å². The zero-order chi connectivity index (χ0) is 20.1. The number of hydrogen-bond acceptors (Lipinski definition) is 7. The molecule has 0 radical (unpaired) electrons. The minimum Gasteiger partial charge on any atom is -0.338 e. The Bertz CT molecular complexity index is 935. The third-order valence-corrected chi connectivity index (χ3v) is 5.74. The van der Waals surface area contributed by atoms with Crippen molar-refractivity contribution in [2.75, 3.05) is 36.4 Å². The number of thiazole rings is 1. The first kappa shape index (κ1) is 19.5. The molecule has 0 bridgehead atoms. The fourth-order valence-corrected chi connectivity index (χ4v) is 4.06. The van der Waals surface area contributed by atoms with Gasteiger partial charge in [-0.25, -0.2) is 15.0 Å². The summed E-state index contributed by atoms with van der Waals surface area (Å²) in [5.74, 6) is 0.758. The number of nitrogens with one attached hydrogen (secondary N) is 1. The first-order valence-electron chi connectivity index (χ1n) is 9.70. The van der Waals surface area contributed by atoms with Crippen molar-refractivity contribution >= 4 is 28.9 Å². The Balaban J connectivity index is 1.25. The molecule has 0 unspecified atom stereocenters. The van der Waals surface area contributed by atoms with Crippen LogP contribution in [0.25, 0.3) is 0 Å². The van der Waals surface area contributed by atoms with Gasteiger partial charge in [0, 0.05) is 56.2 Å². The van der Waals surface area contributed by atoms with Crippen LogP contribution in [0, 0.1) is 6.92 Å². The molecule has 4 rings (SSSR count). The van der Waals surface area contributed by atoms with Crippen LogP contribution in [0.3, 0.4) is 0 Å².